The average molecular weight is 132 g/mol. The molecule has 0 saturated carbocycles. The molecule has 0 unspecified atom stereocenters. The summed E-state index contributed by atoms with van der Waals surface area (Å²) in [5, 5.41) is 0. The molecular formula is C6H16N2O. The van der Waals surface area contributed by atoms with Gasteiger partial charge in [0, 0.05) is 12.1 Å². The van der Waals surface area contributed by atoms with Crippen molar-refractivity contribution in [1.29, 1.82) is 0 Å². The predicted octanol–water partition coefficient (Wildman–Crippen LogP) is 0.265. The zero-order valence-electron chi connectivity index (χ0n) is 6.40. The molecule has 56 valence electrons. The monoisotopic (exact) mass is 132 g/mol. The summed E-state index contributed by atoms with van der Waals surface area (Å²) in [4.78, 5) is 4.88. The Kier molecular flexibility index (Phi) is 3.77. The highest BCUT2D eigenvalue weighted by molar-refractivity contribution is 4.71. The van der Waals surface area contributed by atoms with Crippen molar-refractivity contribution in [3.63, 3.8) is 0 Å². The minimum Gasteiger partial charge on any atom is -0.324 e. The van der Waals surface area contributed by atoms with Crippen molar-refractivity contribution in [3.8, 4) is 0 Å². The highest BCUT2D eigenvalue weighted by Gasteiger charge is 2.08. The number of nitrogens with one attached hydrogen (secondary N) is 1. The van der Waals surface area contributed by atoms with Crippen LogP contribution in [0.2, 0.25) is 0 Å². The Balaban J connectivity index is 3.07. The molecule has 0 aliphatic heterocycles. The lowest BCUT2D eigenvalue weighted by atomic mass is 10.1. The Morgan fingerprint density at radius 1 is 1.56 bits per heavy atom. The van der Waals surface area contributed by atoms with Gasteiger partial charge in [-0.25, -0.2) is 5.48 Å². The molecule has 9 heavy (non-hydrogen) atoms. The maximum absolute atomic E-state index is 5.63. The molecule has 3 nitrogen and oxygen atoms in total. The van der Waals surface area contributed by atoms with E-state index in [1.807, 2.05) is 20.8 Å². The summed E-state index contributed by atoms with van der Waals surface area (Å²) >= 11 is 0. The van der Waals surface area contributed by atoms with E-state index < -0.39 is 0 Å². The van der Waals surface area contributed by atoms with Crippen molar-refractivity contribution < 1.29 is 4.84 Å². The van der Waals surface area contributed by atoms with E-state index in [2.05, 4.69) is 5.48 Å². The molecule has 0 atom stereocenters. The summed E-state index contributed by atoms with van der Waals surface area (Å²) in [5.74, 6) is 0. The molecule has 0 aromatic carbocycles. The van der Waals surface area contributed by atoms with Gasteiger partial charge in [0.05, 0.1) is 6.61 Å². The van der Waals surface area contributed by atoms with Gasteiger partial charge in [-0.3, -0.25) is 0 Å². The summed E-state index contributed by atoms with van der Waals surface area (Å²) in [7, 11) is 0. The van der Waals surface area contributed by atoms with Crippen LogP contribution >= 0.6 is 0 Å². The number of nitrogens with two attached hydrogens (primary N) is 1. The van der Waals surface area contributed by atoms with Gasteiger partial charge in [0.25, 0.3) is 0 Å². The van der Waals surface area contributed by atoms with Gasteiger partial charge in [0.1, 0.15) is 0 Å². The first kappa shape index (κ1) is 8.88. The average Bonchev–Trinajstić information content (AvgIpc) is 1.63. The third-order valence-corrected chi connectivity index (χ3v) is 0.774. The van der Waals surface area contributed by atoms with Crippen LogP contribution in [0.15, 0.2) is 0 Å². The fourth-order valence-corrected chi connectivity index (χ4v) is 0.339. The second-order valence-corrected chi connectivity index (χ2v) is 2.74. The van der Waals surface area contributed by atoms with E-state index in [-0.39, 0.29) is 5.54 Å². The number of rotatable bonds is 4. The van der Waals surface area contributed by atoms with Crippen LogP contribution in [0.25, 0.3) is 0 Å². The van der Waals surface area contributed by atoms with E-state index in [4.69, 9.17) is 10.6 Å². The maximum Gasteiger partial charge on any atom is 0.0653 e. The fourth-order valence-electron chi connectivity index (χ4n) is 0.339. The zero-order chi connectivity index (χ0) is 7.33. The van der Waals surface area contributed by atoms with Gasteiger partial charge in [0.2, 0.25) is 0 Å². The Bertz CT molecular complexity index is 67.9. The number of hydrogen-bond acceptors (Lipinski definition) is 3. The Morgan fingerprint density at radius 2 is 2.11 bits per heavy atom. The SMILES string of the molecule is CCONCC(C)(C)N. The van der Waals surface area contributed by atoms with E-state index in [1.54, 1.807) is 0 Å². The van der Waals surface area contributed by atoms with Gasteiger partial charge in [-0.2, -0.15) is 0 Å². The highest BCUT2D eigenvalue weighted by atomic mass is 16.6. The van der Waals surface area contributed by atoms with E-state index in [0.29, 0.717) is 13.2 Å². The zero-order valence-corrected chi connectivity index (χ0v) is 6.40. The topological polar surface area (TPSA) is 47.3 Å². The quantitative estimate of drug-likeness (QED) is 0.426. The molecule has 0 radical (unpaired) electrons. The van der Waals surface area contributed by atoms with E-state index in [1.165, 1.54) is 0 Å². The molecule has 0 rings (SSSR count). The summed E-state index contributed by atoms with van der Waals surface area (Å²) in [6, 6.07) is 0. The predicted molar refractivity (Wildman–Crippen MR) is 37.9 cm³/mol. The lowest BCUT2D eigenvalue weighted by Gasteiger charge is -2.17. The third kappa shape index (κ3) is 7.88. The Labute approximate surface area is 56.5 Å². The molecule has 0 saturated heterocycles. The first-order chi connectivity index (χ1) is 4.06. The number of hydrogen-bond donors (Lipinski definition) is 2. The van der Waals surface area contributed by atoms with Crippen LogP contribution in [0.5, 0.6) is 0 Å². The largest absolute Gasteiger partial charge is 0.324 e. The Hall–Kier alpha value is -0.120. The standard InChI is InChI=1S/C6H16N2O/c1-4-9-8-5-6(2,3)7/h8H,4-5,7H2,1-3H3. The smallest absolute Gasteiger partial charge is 0.0653 e. The molecule has 0 heterocycles. The normalized spacial score (nSPS) is 12.0. The first-order valence-electron chi connectivity index (χ1n) is 3.20. The second-order valence-electron chi connectivity index (χ2n) is 2.74. The fraction of sp³-hybridized carbons (Fsp3) is 1.00. The van der Waals surface area contributed by atoms with Crippen LogP contribution in [-0.4, -0.2) is 18.7 Å². The highest BCUT2D eigenvalue weighted by Crippen LogP contribution is 1.91. The van der Waals surface area contributed by atoms with Crippen LogP contribution in [0, 0.1) is 0 Å². The van der Waals surface area contributed by atoms with E-state index in [0.717, 1.165) is 0 Å². The van der Waals surface area contributed by atoms with Crippen LogP contribution in [-0.2, 0) is 4.84 Å². The lowest BCUT2D eigenvalue weighted by Crippen LogP contribution is -2.43. The van der Waals surface area contributed by atoms with Crippen LogP contribution in [0.1, 0.15) is 20.8 Å². The molecule has 0 amide bonds. The van der Waals surface area contributed by atoms with Crippen LogP contribution in [0.3, 0.4) is 0 Å². The molecule has 0 fully saturated rings. The third-order valence-electron chi connectivity index (χ3n) is 0.774. The molecule has 0 aromatic rings. The van der Waals surface area contributed by atoms with Crippen molar-refractivity contribution in [2.75, 3.05) is 13.2 Å². The minimum atomic E-state index is -0.185. The van der Waals surface area contributed by atoms with Crippen molar-refractivity contribution in [2.45, 2.75) is 26.3 Å². The van der Waals surface area contributed by atoms with Gasteiger partial charge < -0.3 is 10.6 Å². The molecule has 0 aromatic heterocycles. The van der Waals surface area contributed by atoms with Crippen molar-refractivity contribution in [1.82, 2.24) is 5.48 Å². The molecule has 0 spiro atoms. The number of hydroxylamine groups is 1. The summed E-state index contributed by atoms with van der Waals surface area (Å²) in [6.07, 6.45) is 0. The maximum atomic E-state index is 5.63. The molecule has 0 aliphatic carbocycles. The van der Waals surface area contributed by atoms with Gasteiger partial charge in [-0.1, -0.05) is 0 Å². The van der Waals surface area contributed by atoms with Crippen LogP contribution < -0.4 is 11.2 Å². The van der Waals surface area contributed by atoms with Crippen molar-refractivity contribution in [3.05, 3.63) is 0 Å². The molecule has 3 N–H and O–H groups in total. The molecular weight excluding hydrogens is 116 g/mol. The van der Waals surface area contributed by atoms with Crippen LogP contribution in [0.4, 0.5) is 0 Å². The van der Waals surface area contributed by atoms with E-state index >= 15 is 0 Å². The molecule has 0 aliphatic rings. The summed E-state index contributed by atoms with van der Waals surface area (Å²) in [5.41, 5.74) is 8.20. The summed E-state index contributed by atoms with van der Waals surface area (Å²) in [6.45, 7) is 7.17. The van der Waals surface area contributed by atoms with Gasteiger partial charge in [-0.15, -0.1) is 0 Å². The lowest BCUT2D eigenvalue weighted by molar-refractivity contribution is 0.0410. The Morgan fingerprint density at radius 3 is 2.44 bits per heavy atom. The molecule has 3 heteroatoms. The van der Waals surface area contributed by atoms with Gasteiger partial charge in [0.15, 0.2) is 0 Å². The molecule has 0 bridgehead atoms. The first-order valence-corrected chi connectivity index (χ1v) is 3.20. The second kappa shape index (κ2) is 3.82. The van der Waals surface area contributed by atoms with Crippen molar-refractivity contribution in [2.24, 2.45) is 5.73 Å². The van der Waals surface area contributed by atoms with Gasteiger partial charge >= 0.3 is 0 Å². The van der Waals surface area contributed by atoms with E-state index in [9.17, 15) is 0 Å². The van der Waals surface area contributed by atoms with Crippen molar-refractivity contribution >= 4 is 0 Å². The summed E-state index contributed by atoms with van der Waals surface area (Å²) < 4.78 is 0. The van der Waals surface area contributed by atoms with Gasteiger partial charge in [-0.05, 0) is 20.8 Å². The minimum absolute atomic E-state index is 0.185.